The Morgan fingerprint density at radius 2 is 2.00 bits per heavy atom. The molecule has 0 spiro atoms. The fourth-order valence-corrected chi connectivity index (χ4v) is 0.622. The van der Waals surface area contributed by atoms with Crippen molar-refractivity contribution in [2.24, 2.45) is 5.92 Å². The standard InChI is InChI=1S/C8H14N2O2/c1-5(2)7(4-9)10-8(12)6(3)11/h5-7,11H,1-3H3,(H,10,12)/t6?,7-/m0/s1. The molecule has 0 saturated heterocycles. The molecule has 4 nitrogen and oxygen atoms in total. The summed E-state index contributed by atoms with van der Waals surface area (Å²) in [4.78, 5) is 10.9. The number of amides is 1. The third-order valence-electron chi connectivity index (χ3n) is 1.48. The van der Waals surface area contributed by atoms with Crippen LogP contribution in [0.15, 0.2) is 0 Å². The van der Waals surface area contributed by atoms with E-state index < -0.39 is 18.1 Å². The van der Waals surface area contributed by atoms with Gasteiger partial charge in [0.2, 0.25) is 5.91 Å². The van der Waals surface area contributed by atoms with Crippen molar-refractivity contribution in [2.45, 2.75) is 32.9 Å². The van der Waals surface area contributed by atoms with Crippen LogP contribution in [0.3, 0.4) is 0 Å². The van der Waals surface area contributed by atoms with E-state index in [4.69, 9.17) is 10.4 Å². The van der Waals surface area contributed by atoms with E-state index in [2.05, 4.69) is 5.32 Å². The molecule has 0 aromatic heterocycles. The Labute approximate surface area is 72.2 Å². The number of aliphatic hydroxyl groups excluding tert-OH is 1. The topological polar surface area (TPSA) is 73.1 Å². The molecule has 2 atom stereocenters. The minimum atomic E-state index is -1.06. The molecule has 0 rings (SSSR count). The van der Waals surface area contributed by atoms with Gasteiger partial charge in [0, 0.05) is 0 Å². The molecule has 0 fully saturated rings. The number of hydrogen-bond donors (Lipinski definition) is 2. The van der Waals surface area contributed by atoms with Crippen LogP contribution in [-0.4, -0.2) is 23.2 Å². The first-order chi connectivity index (χ1) is 5.49. The van der Waals surface area contributed by atoms with Gasteiger partial charge in [0.15, 0.2) is 0 Å². The van der Waals surface area contributed by atoms with Gasteiger partial charge in [-0.25, -0.2) is 0 Å². The normalized spacial score (nSPS) is 15.0. The Hall–Kier alpha value is -1.08. The van der Waals surface area contributed by atoms with Crippen molar-refractivity contribution in [2.75, 3.05) is 0 Å². The fraction of sp³-hybridized carbons (Fsp3) is 0.750. The van der Waals surface area contributed by atoms with Crippen molar-refractivity contribution in [1.82, 2.24) is 5.32 Å². The van der Waals surface area contributed by atoms with E-state index in [1.807, 2.05) is 19.9 Å². The molecule has 0 saturated carbocycles. The summed E-state index contributed by atoms with van der Waals surface area (Å²) in [6, 6.07) is 1.42. The Morgan fingerprint density at radius 3 is 2.25 bits per heavy atom. The molecule has 0 aromatic carbocycles. The molecule has 2 N–H and O–H groups in total. The van der Waals surface area contributed by atoms with Gasteiger partial charge in [0.25, 0.3) is 0 Å². The highest BCUT2D eigenvalue weighted by Crippen LogP contribution is 1.99. The highest BCUT2D eigenvalue weighted by atomic mass is 16.3. The van der Waals surface area contributed by atoms with Gasteiger partial charge in [0.05, 0.1) is 6.07 Å². The summed E-state index contributed by atoms with van der Waals surface area (Å²) in [5.41, 5.74) is 0. The van der Waals surface area contributed by atoms with Gasteiger partial charge in [-0.05, 0) is 12.8 Å². The second-order valence-electron chi connectivity index (χ2n) is 3.04. The Morgan fingerprint density at radius 1 is 1.50 bits per heavy atom. The lowest BCUT2D eigenvalue weighted by atomic mass is 10.1. The van der Waals surface area contributed by atoms with E-state index in [1.165, 1.54) is 6.92 Å². The summed E-state index contributed by atoms with van der Waals surface area (Å²) in [5, 5.41) is 19.8. The second kappa shape index (κ2) is 4.73. The predicted molar refractivity (Wildman–Crippen MR) is 44.1 cm³/mol. The summed E-state index contributed by atoms with van der Waals surface area (Å²) >= 11 is 0. The van der Waals surface area contributed by atoms with Crippen LogP contribution in [-0.2, 0) is 4.79 Å². The highest BCUT2D eigenvalue weighted by molar-refractivity contribution is 5.80. The van der Waals surface area contributed by atoms with Crippen LogP contribution in [0, 0.1) is 17.2 Å². The van der Waals surface area contributed by atoms with Crippen molar-refractivity contribution >= 4 is 5.91 Å². The largest absolute Gasteiger partial charge is 0.384 e. The van der Waals surface area contributed by atoms with Crippen LogP contribution >= 0.6 is 0 Å². The first-order valence-corrected chi connectivity index (χ1v) is 3.87. The molecule has 68 valence electrons. The molecule has 0 aliphatic carbocycles. The van der Waals surface area contributed by atoms with Crippen LogP contribution < -0.4 is 5.32 Å². The maximum absolute atomic E-state index is 10.9. The summed E-state index contributed by atoms with van der Waals surface area (Å²) in [5.74, 6) is -0.451. The number of aliphatic hydroxyl groups is 1. The molecule has 1 amide bonds. The molecule has 0 heterocycles. The van der Waals surface area contributed by atoms with Gasteiger partial charge in [-0.3, -0.25) is 4.79 Å². The van der Waals surface area contributed by atoms with Gasteiger partial charge >= 0.3 is 0 Å². The first kappa shape index (κ1) is 10.9. The van der Waals surface area contributed by atoms with Crippen molar-refractivity contribution in [1.29, 1.82) is 5.26 Å². The van der Waals surface area contributed by atoms with Gasteiger partial charge in [-0.1, -0.05) is 13.8 Å². The van der Waals surface area contributed by atoms with Crippen molar-refractivity contribution < 1.29 is 9.90 Å². The number of nitrogens with zero attached hydrogens (tertiary/aromatic N) is 1. The van der Waals surface area contributed by atoms with Crippen molar-refractivity contribution in [3.05, 3.63) is 0 Å². The van der Waals surface area contributed by atoms with Crippen LogP contribution in [0.1, 0.15) is 20.8 Å². The minimum Gasteiger partial charge on any atom is -0.384 e. The smallest absolute Gasteiger partial charge is 0.249 e. The molecular formula is C8H14N2O2. The van der Waals surface area contributed by atoms with Crippen molar-refractivity contribution in [3.63, 3.8) is 0 Å². The third kappa shape index (κ3) is 3.35. The zero-order valence-corrected chi connectivity index (χ0v) is 7.53. The number of carbonyl (C=O) groups excluding carboxylic acids is 1. The lowest BCUT2D eigenvalue weighted by Gasteiger charge is -2.15. The number of hydrogen-bond acceptors (Lipinski definition) is 3. The molecule has 1 unspecified atom stereocenters. The van der Waals surface area contributed by atoms with Gasteiger partial charge in [0.1, 0.15) is 12.1 Å². The summed E-state index contributed by atoms with van der Waals surface area (Å²) < 4.78 is 0. The lowest BCUT2D eigenvalue weighted by molar-refractivity contribution is -0.129. The maximum Gasteiger partial charge on any atom is 0.249 e. The lowest BCUT2D eigenvalue weighted by Crippen LogP contribution is -2.42. The average molecular weight is 170 g/mol. The van der Waals surface area contributed by atoms with Gasteiger partial charge in [-0.15, -0.1) is 0 Å². The molecule has 0 bridgehead atoms. The van der Waals surface area contributed by atoms with Crippen molar-refractivity contribution in [3.8, 4) is 6.07 Å². The Kier molecular flexibility index (Phi) is 4.30. The van der Waals surface area contributed by atoms with E-state index in [-0.39, 0.29) is 5.92 Å². The number of nitriles is 1. The maximum atomic E-state index is 10.9. The minimum absolute atomic E-state index is 0.0534. The Balaban J connectivity index is 4.06. The fourth-order valence-electron chi connectivity index (χ4n) is 0.622. The number of carbonyl (C=O) groups is 1. The van der Waals surface area contributed by atoms with Crippen LogP contribution in [0.2, 0.25) is 0 Å². The zero-order chi connectivity index (χ0) is 9.72. The molecule has 0 aromatic rings. The van der Waals surface area contributed by atoms with E-state index in [0.29, 0.717) is 0 Å². The molecule has 0 radical (unpaired) electrons. The molecule has 12 heavy (non-hydrogen) atoms. The quantitative estimate of drug-likeness (QED) is 0.627. The molecule has 4 heteroatoms. The molecular weight excluding hydrogens is 156 g/mol. The van der Waals surface area contributed by atoms with E-state index in [9.17, 15) is 4.79 Å². The zero-order valence-electron chi connectivity index (χ0n) is 7.53. The average Bonchev–Trinajstić information content (AvgIpc) is 1.98. The summed E-state index contributed by atoms with van der Waals surface area (Å²) in [6.07, 6.45) is -1.06. The summed E-state index contributed by atoms with van der Waals surface area (Å²) in [7, 11) is 0. The Bertz CT molecular complexity index is 194. The van der Waals surface area contributed by atoms with Crippen LogP contribution in [0.25, 0.3) is 0 Å². The third-order valence-corrected chi connectivity index (χ3v) is 1.48. The molecule has 0 aliphatic rings. The monoisotopic (exact) mass is 170 g/mol. The first-order valence-electron chi connectivity index (χ1n) is 3.87. The van der Waals surface area contributed by atoms with E-state index >= 15 is 0 Å². The van der Waals surface area contributed by atoms with Gasteiger partial charge in [-0.2, -0.15) is 5.26 Å². The van der Waals surface area contributed by atoms with Gasteiger partial charge < -0.3 is 10.4 Å². The van der Waals surface area contributed by atoms with E-state index in [0.717, 1.165) is 0 Å². The SMILES string of the molecule is CC(O)C(=O)N[C@@H](C#N)C(C)C. The highest BCUT2D eigenvalue weighted by Gasteiger charge is 2.17. The van der Waals surface area contributed by atoms with Crippen LogP contribution in [0.4, 0.5) is 0 Å². The van der Waals surface area contributed by atoms with Crippen LogP contribution in [0.5, 0.6) is 0 Å². The molecule has 0 aliphatic heterocycles. The number of rotatable bonds is 3. The second-order valence-corrected chi connectivity index (χ2v) is 3.04. The van der Waals surface area contributed by atoms with E-state index in [1.54, 1.807) is 0 Å². The predicted octanol–water partition coefficient (Wildman–Crippen LogP) is 0.0316. The summed E-state index contributed by atoms with van der Waals surface area (Å²) in [6.45, 7) is 5.02. The number of nitrogens with one attached hydrogen (secondary N) is 1.